The van der Waals surface area contributed by atoms with Gasteiger partial charge in [-0.05, 0) is 48.2 Å². The van der Waals surface area contributed by atoms with E-state index in [-0.39, 0.29) is 23.3 Å². The van der Waals surface area contributed by atoms with Crippen molar-refractivity contribution in [3.8, 4) is 0 Å². The molecule has 0 bridgehead atoms. The molecular formula is C19H21FN2O3S. The van der Waals surface area contributed by atoms with Crippen molar-refractivity contribution >= 4 is 15.9 Å². The minimum absolute atomic E-state index is 0.00272. The van der Waals surface area contributed by atoms with Crippen LogP contribution in [0.4, 0.5) is 4.39 Å². The van der Waals surface area contributed by atoms with Crippen LogP contribution in [-0.4, -0.2) is 14.3 Å². The first kappa shape index (κ1) is 18.5. The Hall–Kier alpha value is -2.25. The minimum atomic E-state index is -3.73. The van der Waals surface area contributed by atoms with Crippen LogP contribution in [-0.2, 0) is 27.9 Å². The Morgan fingerprint density at radius 3 is 2.38 bits per heavy atom. The van der Waals surface area contributed by atoms with Gasteiger partial charge in [0.25, 0.3) is 0 Å². The van der Waals surface area contributed by atoms with Crippen molar-refractivity contribution in [3.05, 3.63) is 65.5 Å². The highest BCUT2D eigenvalue weighted by Gasteiger charge is 2.24. The zero-order chi connectivity index (χ0) is 18.6. The molecule has 0 spiro atoms. The molecule has 0 saturated heterocycles. The number of halogens is 1. The zero-order valence-corrected chi connectivity index (χ0v) is 15.1. The van der Waals surface area contributed by atoms with E-state index in [4.69, 9.17) is 0 Å². The summed E-state index contributed by atoms with van der Waals surface area (Å²) in [5, 5.41) is 2.85. The van der Waals surface area contributed by atoms with E-state index in [1.807, 2.05) is 0 Å². The van der Waals surface area contributed by atoms with Crippen molar-refractivity contribution in [1.29, 1.82) is 0 Å². The van der Waals surface area contributed by atoms with E-state index in [2.05, 4.69) is 10.0 Å². The Morgan fingerprint density at radius 2 is 1.73 bits per heavy atom. The van der Waals surface area contributed by atoms with E-state index in [0.717, 1.165) is 19.3 Å². The molecule has 5 nitrogen and oxygen atoms in total. The fourth-order valence-electron chi connectivity index (χ4n) is 2.74. The van der Waals surface area contributed by atoms with Crippen molar-refractivity contribution in [3.63, 3.8) is 0 Å². The monoisotopic (exact) mass is 376 g/mol. The van der Waals surface area contributed by atoms with E-state index >= 15 is 0 Å². The lowest BCUT2D eigenvalue weighted by Gasteiger charge is -2.24. The van der Waals surface area contributed by atoms with Gasteiger partial charge in [-0.15, -0.1) is 0 Å². The van der Waals surface area contributed by atoms with Gasteiger partial charge in [0.2, 0.25) is 15.9 Å². The third-order valence-corrected chi connectivity index (χ3v) is 5.91. The molecule has 0 atom stereocenters. The van der Waals surface area contributed by atoms with Gasteiger partial charge >= 0.3 is 0 Å². The van der Waals surface area contributed by atoms with Crippen LogP contribution in [0.5, 0.6) is 0 Å². The topological polar surface area (TPSA) is 75.3 Å². The van der Waals surface area contributed by atoms with Gasteiger partial charge in [-0.2, -0.15) is 0 Å². The summed E-state index contributed by atoms with van der Waals surface area (Å²) in [7, 11) is -3.73. The molecule has 0 aliphatic heterocycles. The second kappa shape index (κ2) is 7.97. The summed E-state index contributed by atoms with van der Waals surface area (Å²) in [6.45, 7) is 0.297. The van der Waals surface area contributed by atoms with Gasteiger partial charge in [-0.25, -0.2) is 17.5 Å². The molecule has 138 valence electrons. The number of rotatable bonds is 7. The Bertz CT molecular complexity index is 895. The molecule has 2 N–H and O–H groups in total. The highest BCUT2D eigenvalue weighted by Crippen LogP contribution is 2.26. The van der Waals surface area contributed by atoms with Crippen molar-refractivity contribution in [2.24, 2.45) is 5.92 Å². The van der Waals surface area contributed by atoms with E-state index < -0.39 is 15.8 Å². The molecule has 0 unspecified atom stereocenters. The zero-order valence-electron chi connectivity index (χ0n) is 14.2. The molecule has 3 rings (SSSR count). The van der Waals surface area contributed by atoms with Crippen LogP contribution in [0.2, 0.25) is 0 Å². The maximum absolute atomic E-state index is 13.2. The van der Waals surface area contributed by atoms with E-state index in [9.17, 15) is 17.6 Å². The molecule has 2 aromatic carbocycles. The van der Waals surface area contributed by atoms with Gasteiger partial charge in [-0.1, -0.05) is 30.7 Å². The number of nitrogens with one attached hydrogen (secondary N) is 2. The number of hydrogen-bond donors (Lipinski definition) is 2. The molecule has 0 radical (unpaired) electrons. The lowest BCUT2D eigenvalue weighted by molar-refractivity contribution is -0.127. The quantitative estimate of drug-likeness (QED) is 0.780. The van der Waals surface area contributed by atoms with Crippen LogP contribution in [0.1, 0.15) is 30.4 Å². The number of carbonyl (C=O) groups excluding carboxylic acids is 1. The van der Waals surface area contributed by atoms with E-state index in [0.29, 0.717) is 17.7 Å². The lowest BCUT2D eigenvalue weighted by Crippen LogP contribution is -2.34. The summed E-state index contributed by atoms with van der Waals surface area (Å²) in [5.74, 6) is -0.297. The second-order valence-electron chi connectivity index (χ2n) is 6.45. The molecule has 1 fully saturated rings. The standard InChI is InChI=1S/C19H21FN2O3S/c20-17-8-1-4-14(10-17)13-22-26(24,25)18-9-2-5-15(11-18)12-21-19(23)16-6-3-7-16/h1-2,4-5,8-11,16,22H,3,6-7,12-13H2,(H,21,23). The van der Waals surface area contributed by atoms with E-state index in [1.165, 1.54) is 30.3 Å². The van der Waals surface area contributed by atoms with Gasteiger partial charge in [0.05, 0.1) is 4.90 Å². The van der Waals surface area contributed by atoms with Crippen LogP contribution in [0.3, 0.4) is 0 Å². The molecule has 7 heteroatoms. The summed E-state index contributed by atoms with van der Waals surface area (Å²) >= 11 is 0. The smallest absolute Gasteiger partial charge is 0.240 e. The van der Waals surface area contributed by atoms with Crippen LogP contribution < -0.4 is 10.0 Å². The fourth-order valence-corrected chi connectivity index (χ4v) is 3.82. The summed E-state index contributed by atoms with van der Waals surface area (Å²) in [6, 6.07) is 12.2. The summed E-state index contributed by atoms with van der Waals surface area (Å²) in [5.41, 5.74) is 1.25. The van der Waals surface area contributed by atoms with Gasteiger partial charge in [0.15, 0.2) is 0 Å². The Labute approximate surface area is 152 Å². The molecule has 0 heterocycles. The van der Waals surface area contributed by atoms with Crippen molar-refractivity contribution in [2.45, 2.75) is 37.2 Å². The first-order chi connectivity index (χ1) is 12.4. The van der Waals surface area contributed by atoms with Crippen LogP contribution in [0.25, 0.3) is 0 Å². The summed E-state index contributed by atoms with van der Waals surface area (Å²) < 4.78 is 40.6. The molecule has 1 amide bonds. The van der Waals surface area contributed by atoms with Gasteiger partial charge < -0.3 is 5.32 Å². The lowest BCUT2D eigenvalue weighted by atomic mass is 9.85. The second-order valence-corrected chi connectivity index (χ2v) is 8.21. The van der Waals surface area contributed by atoms with Crippen LogP contribution in [0, 0.1) is 11.7 Å². The number of sulfonamides is 1. The number of amides is 1. The predicted octanol–water partition coefficient (Wildman–Crippen LogP) is 2.72. The predicted molar refractivity (Wildman–Crippen MR) is 96.1 cm³/mol. The molecular weight excluding hydrogens is 355 g/mol. The molecule has 0 aromatic heterocycles. The number of benzene rings is 2. The molecule has 1 aliphatic carbocycles. The average molecular weight is 376 g/mol. The number of hydrogen-bond acceptors (Lipinski definition) is 3. The molecule has 26 heavy (non-hydrogen) atoms. The third kappa shape index (κ3) is 4.68. The highest BCUT2D eigenvalue weighted by atomic mass is 32.2. The third-order valence-electron chi connectivity index (χ3n) is 4.51. The van der Waals surface area contributed by atoms with Gasteiger partial charge in [0, 0.05) is 19.0 Å². The Balaban J connectivity index is 1.62. The maximum atomic E-state index is 13.2. The largest absolute Gasteiger partial charge is 0.352 e. The van der Waals surface area contributed by atoms with Crippen molar-refractivity contribution in [2.75, 3.05) is 0 Å². The SMILES string of the molecule is O=C(NCc1cccc(S(=O)(=O)NCc2cccc(F)c2)c1)C1CCC1. The Kier molecular flexibility index (Phi) is 5.68. The Morgan fingerprint density at radius 1 is 1.04 bits per heavy atom. The highest BCUT2D eigenvalue weighted by molar-refractivity contribution is 7.89. The number of carbonyl (C=O) groups is 1. The van der Waals surface area contributed by atoms with Crippen molar-refractivity contribution < 1.29 is 17.6 Å². The van der Waals surface area contributed by atoms with Crippen molar-refractivity contribution in [1.82, 2.24) is 10.0 Å². The van der Waals surface area contributed by atoms with Gasteiger partial charge in [-0.3, -0.25) is 4.79 Å². The first-order valence-electron chi connectivity index (χ1n) is 8.55. The molecule has 2 aromatic rings. The fraction of sp³-hybridized carbons (Fsp3) is 0.316. The maximum Gasteiger partial charge on any atom is 0.240 e. The van der Waals surface area contributed by atoms with Gasteiger partial charge in [0.1, 0.15) is 5.82 Å². The molecule has 1 saturated carbocycles. The average Bonchev–Trinajstić information content (AvgIpc) is 2.57. The minimum Gasteiger partial charge on any atom is -0.352 e. The molecule has 1 aliphatic rings. The first-order valence-corrected chi connectivity index (χ1v) is 10.0. The van der Waals surface area contributed by atoms with Crippen LogP contribution in [0.15, 0.2) is 53.4 Å². The summed E-state index contributed by atoms with van der Waals surface area (Å²) in [6.07, 6.45) is 2.93. The normalized spacial score (nSPS) is 14.7. The van der Waals surface area contributed by atoms with Crippen LogP contribution >= 0.6 is 0 Å². The van der Waals surface area contributed by atoms with E-state index in [1.54, 1.807) is 18.2 Å². The summed E-state index contributed by atoms with van der Waals surface area (Å²) in [4.78, 5) is 12.0.